The van der Waals surface area contributed by atoms with Gasteiger partial charge < -0.3 is 10.6 Å². The van der Waals surface area contributed by atoms with Crippen molar-refractivity contribution in [3.8, 4) is 0 Å². The standard InChI is InChI=1S/C19H13F2N3O3/c20-13-7-9-16(15(21)11-13)23-19(25)12-6-8-17(18(10-12)24(26)27)22-14-4-2-1-3-5-14/h1-11,22H,(H,23,25). The highest BCUT2D eigenvalue weighted by molar-refractivity contribution is 6.05. The molecule has 27 heavy (non-hydrogen) atoms. The number of nitro benzene ring substituents is 1. The van der Waals surface area contributed by atoms with Crippen LogP contribution in [0.3, 0.4) is 0 Å². The van der Waals surface area contributed by atoms with Crippen molar-refractivity contribution in [2.45, 2.75) is 0 Å². The van der Waals surface area contributed by atoms with Crippen LogP contribution < -0.4 is 10.6 Å². The smallest absolute Gasteiger partial charge is 0.293 e. The van der Waals surface area contributed by atoms with Gasteiger partial charge in [-0.15, -0.1) is 0 Å². The monoisotopic (exact) mass is 369 g/mol. The van der Waals surface area contributed by atoms with Gasteiger partial charge in [-0.05, 0) is 36.4 Å². The molecule has 6 nitrogen and oxygen atoms in total. The quantitative estimate of drug-likeness (QED) is 0.496. The molecule has 0 bridgehead atoms. The number of halogens is 2. The van der Waals surface area contributed by atoms with Gasteiger partial charge in [0.05, 0.1) is 10.6 Å². The fraction of sp³-hybridized carbons (Fsp3) is 0. The van der Waals surface area contributed by atoms with Crippen LogP contribution in [0.25, 0.3) is 0 Å². The summed E-state index contributed by atoms with van der Waals surface area (Å²) in [6.07, 6.45) is 0. The molecule has 8 heteroatoms. The minimum atomic E-state index is -0.944. The maximum atomic E-state index is 13.7. The first-order valence-corrected chi connectivity index (χ1v) is 7.81. The third kappa shape index (κ3) is 4.24. The molecular weight excluding hydrogens is 356 g/mol. The molecule has 3 aromatic carbocycles. The maximum Gasteiger partial charge on any atom is 0.293 e. The van der Waals surface area contributed by atoms with Gasteiger partial charge in [0, 0.05) is 23.4 Å². The van der Waals surface area contributed by atoms with Crippen LogP contribution in [0.5, 0.6) is 0 Å². The Kier molecular flexibility index (Phi) is 5.07. The predicted octanol–water partition coefficient (Wildman–Crippen LogP) is 4.87. The summed E-state index contributed by atoms with van der Waals surface area (Å²) >= 11 is 0. The first-order chi connectivity index (χ1) is 12.9. The summed E-state index contributed by atoms with van der Waals surface area (Å²) in [6.45, 7) is 0. The van der Waals surface area contributed by atoms with E-state index in [2.05, 4.69) is 10.6 Å². The number of anilines is 3. The number of hydrogen-bond acceptors (Lipinski definition) is 4. The zero-order valence-electron chi connectivity index (χ0n) is 13.8. The van der Waals surface area contributed by atoms with Crippen LogP contribution in [0, 0.1) is 21.7 Å². The molecule has 1 amide bonds. The Labute approximate surface area is 152 Å². The Morgan fingerprint density at radius 1 is 0.926 bits per heavy atom. The number of nitrogens with one attached hydrogen (secondary N) is 2. The van der Waals surface area contributed by atoms with E-state index < -0.39 is 22.5 Å². The van der Waals surface area contributed by atoms with Gasteiger partial charge in [-0.3, -0.25) is 14.9 Å². The largest absolute Gasteiger partial charge is 0.350 e. The lowest BCUT2D eigenvalue weighted by atomic mass is 10.1. The normalized spacial score (nSPS) is 10.3. The highest BCUT2D eigenvalue weighted by atomic mass is 19.1. The van der Waals surface area contributed by atoms with Gasteiger partial charge in [0.1, 0.15) is 17.3 Å². The number of carbonyl (C=O) groups is 1. The Morgan fingerprint density at radius 2 is 1.63 bits per heavy atom. The maximum absolute atomic E-state index is 13.7. The van der Waals surface area contributed by atoms with Gasteiger partial charge in [-0.25, -0.2) is 8.78 Å². The van der Waals surface area contributed by atoms with E-state index in [1.807, 2.05) is 6.07 Å². The summed E-state index contributed by atoms with van der Waals surface area (Å²) in [5, 5.41) is 16.5. The molecule has 0 saturated heterocycles. The first kappa shape index (κ1) is 18.0. The van der Waals surface area contributed by atoms with E-state index in [9.17, 15) is 23.7 Å². The molecule has 3 aromatic rings. The number of nitrogens with zero attached hydrogens (tertiary/aromatic N) is 1. The highest BCUT2D eigenvalue weighted by Crippen LogP contribution is 2.29. The first-order valence-electron chi connectivity index (χ1n) is 7.81. The van der Waals surface area contributed by atoms with Crippen molar-refractivity contribution < 1.29 is 18.5 Å². The van der Waals surface area contributed by atoms with E-state index in [-0.39, 0.29) is 22.6 Å². The summed E-state index contributed by atoms with van der Waals surface area (Å²) in [6, 6.07) is 15.4. The van der Waals surface area contributed by atoms with Crippen LogP contribution in [0.15, 0.2) is 66.7 Å². The Balaban J connectivity index is 1.86. The Morgan fingerprint density at radius 3 is 2.30 bits per heavy atom. The third-order valence-electron chi connectivity index (χ3n) is 3.69. The van der Waals surface area contributed by atoms with Crippen molar-refractivity contribution in [3.05, 3.63) is 94.0 Å². The lowest BCUT2D eigenvalue weighted by molar-refractivity contribution is -0.383. The molecular formula is C19H13F2N3O3. The minimum Gasteiger partial charge on any atom is -0.350 e. The number of nitro groups is 1. The van der Waals surface area contributed by atoms with Gasteiger partial charge >= 0.3 is 0 Å². The molecule has 0 atom stereocenters. The molecule has 0 heterocycles. The lowest BCUT2D eigenvalue weighted by Crippen LogP contribution is -2.13. The number of amides is 1. The molecule has 3 rings (SSSR count). The number of rotatable bonds is 5. The Bertz CT molecular complexity index is 1010. The molecule has 0 spiro atoms. The number of carbonyl (C=O) groups excluding carboxylic acids is 1. The molecule has 0 saturated carbocycles. The van der Waals surface area contributed by atoms with Gasteiger partial charge in [-0.1, -0.05) is 18.2 Å². The number of para-hydroxylation sites is 1. The van der Waals surface area contributed by atoms with E-state index in [4.69, 9.17) is 0 Å². The average molecular weight is 369 g/mol. The van der Waals surface area contributed by atoms with Crippen LogP contribution in [-0.2, 0) is 0 Å². The molecule has 0 fully saturated rings. The molecule has 0 aliphatic rings. The Hall–Kier alpha value is -3.81. The van der Waals surface area contributed by atoms with E-state index in [1.165, 1.54) is 12.1 Å². The van der Waals surface area contributed by atoms with Crippen molar-refractivity contribution in [2.24, 2.45) is 0 Å². The third-order valence-corrected chi connectivity index (χ3v) is 3.69. The second kappa shape index (κ2) is 7.61. The summed E-state index contributed by atoms with van der Waals surface area (Å²) < 4.78 is 26.6. The van der Waals surface area contributed by atoms with Crippen LogP contribution in [-0.4, -0.2) is 10.8 Å². The van der Waals surface area contributed by atoms with Crippen LogP contribution >= 0.6 is 0 Å². The van der Waals surface area contributed by atoms with E-state index >= 15 is 0 Å². The molecule has 0 aliphatic heterocycles. The lowest BCUT2D eigenvalue weighted by Gasteiger charge is -2.10. The molecule has 0 aliphatic carbocycles. The van der Waals surface area contributed by atoms with Crippen LogP contribution in [0.4, 0.5) is 31.5 Å². The highest BCUT2D eigenvalue weighted by Gasteiger charge is 2.18. The number of benzene rings is 3. The fourth-order valence-corrected chi connectivity index (χ4v) is 2.39. The molecule has 136 valence electrons. The summed E-state index contributed by atoms with van der Waals surface area (Å²) in [5.74, 6) is -2.48. The van der Waals surface area contributed by atoms with Gasteiger partial charge in [0.2, 0.25) is 0 Å². The average Bonchev–Trinajstić information content (AvgIpc) is 2.65. The van der Waals surface area contributed by atoms with Crippen LogP contribution in [0.1, 0.15) is 10.4 Å². The minimum absolute atomic E-state index is 0.0379. The molecule has 0 unspecified atom stereocenters. The fourth-order valence-electron chi connectivity index (χ4n) is 2.39. The van der Waals surface area contributed by atoms with Gasteiger partial charge in [-0.2, -0.15) is 0 Å². The zero-order valence-corrected chi connectivity index (χ0v) is 13.8. The van der Waals surface area contributed by atoms with Crippen LogP contribution in [0.2, 0.25) is 0 Å². The predicted molar refractivity (Wildman–Crippen MR) is 97.1 cm³/mol. The molecule has 0 aromatic heterocycles. The van der Waals surface area contributed by atoms with E-state index in [0.29, 0.717) is 11.8 Å². The van der Waals surface area contributed by atoms with E-state index in [0.717, 1.165) is 18.2 Å². The van der Waals surface area contributed by atoms with E-state index in [1.54, 1.807) is 24.3 Å². The second-order valence-electron chi connectivity index (χ2n) is 5.56. The van der Waals surface area contributed by atoms with Gasteiger partial charge in [0.25, 0.3) is 11.6 Å². The van der Waals surface area contributed by atoms with Crippen molar-refractivity contribution in [1.29, 1.82) is 0 Å². The van der Waals surface area contributed by atoms with Crippen molar-refractivity contribution in [3.63, 3.8) is 0 Å². The van der Waals surface area contributed by atoms with Crippen molar-refractivity contribution >= 4 is 28.7 Å². The van der Waals surface area contributed by atoms with Crippen molar-refractivity contribution in [2.75, 3.05) is 10.6 Å². The molecule has 2 N–H and O–H groups in total. The topological polar surface area (TPSA) is 84.3 Å². The SMILES string of the molecule is O=C(Nc1ccc(F)cc1F)c1ccc(Nc2ccccc2)c([N+](=O)[O-])c1. The summed E-state index contributed by atoms with van der Waals surface area (Å²) in [5.41, 5.74) is 0.271. The summed E-state index contributed by atoms with van der Waals surface area (Å²) in [4.78, 5) is 23.0. The second-order valence-corrected chi connectivity index (χ2v) is 5.56. The number of hydrogen-bond donors (Lipinski definition) is 2. The van der Waals surface area contributed by atoms with Gasteiger partial charge in [0.15, 0.2) is 0 Å². The van der Waals surface area contributed by atoms with Crippen molar-refractivity contribution in [1.82, 2.24) is 0 Å². The summed E-state index contributed by atoms with van der Waals surface area (Å²) in [7, 11) is 0. The zero-order chi connectivity index (χ0) is 19.4. The molecule has 0 radical (unpaired) electrons.